The van der Waals surface area contributed by atoms with Crippen molar-refractivity contribution in [2.45, 2.75) is 165 Å². The van der Waals surface area contributed by atoms with Crippen LogP contribution in [0.2, 0.25) is 0 Å². The summed E-state index contributed by atoms with van der Waals surface area (Å²) in [6, 6.07) is 19.0. The Balaban J connectivity index is 1.87. The minimum Gasteiger partial charge on any atom is -0.381 e. The molecule has 0 amide bonds. The van der Waals surface area contributed by atoms with Crippen molar-refractivity contribution in [2.75, 3.05) is 13.2 Å². The molecule has 0 atom stereocenters. The third-order valence-corrected chi connectivity index (χ3v) is 9.94. The Hall–Kier alpha value is -1.60. The summed E-state index contributed by atoms with van der Waals surface area (Å²) in [5.41, 5.74) is 7.28. The molecule has 0 aromatic heterocycles. The fourth-order valence-electron chi connectivity index (χ4n) is 6.01. The van der Waals surface area contributed by atoms with Crippen molar-refractivity contribution in [2.24, 2.45) is 16.2 Å². The van der Waals surface area contributed by atoms with Crippen LogP contribution in [0, 0.1) is 16.2 Å². The molecule has 1 nitrogen and oxygen atoms in total. The van der Waals surface area contributed by atoms with E-state index in [4.69, 9.17) is 4.74 Å². The largest absolute Gasteiger partial charge is 0.381 e. The molecule has 2 aromatic carbocycles. The second-order valence-corrected chi connectivity index (χ2v) is 18.8. The molecule has 2 aromatic rings. The molecule has 43 heavy (non-hydrogen) atoms. The van der Waals surface area contributed by atoms with Gasteiger partial charge in [-0.05, 0) is 106 Å². The lowest BCUT2D eigenvalue weighted by atomic mass is 9.72. The predicted molar refractivity (Wildman–Crippen MR) is 191 cm³/mol. The smallest absolute Gasteiger partial charge is 0.0471 e. The summed E-state index contributed by atoms with van der Waals surface area (Å²) in [5.74, 6) is 0. The van der Waals surface area contributed by atoms with E-state index in [0.717, 1.165) is 32.5 Å². The first-order chi connectivity index (χ1) is 19.5. The van der Waals surface area contributed by atoms with E-state index < -0.39 is 0 Å². The summed E-state index contributed by atoms with van der Waals surface area (Å²) in [6.45, 7) is 34.9. The van der Waals surface area contributed by atoms with E-state index >= 15 is 0 Å². The molecule has 0 aliphatic carbocycles. The van der Waals surface area contributed by atoms with Crippen molar-refractivity contribution >= 4 is 0 Å². The maximum Gasteiger partial charge on any atom is 0.0471 e. The van der Waals surface area contributed by atoms with Crippen LogP contribution in [0.15, 0.2) is 48.5 Å². The lowest BCUT2D eigenvalue weighted by Gasteiger charge is -2.33. The zero-order valence-electron chi connectivity index (χ0n) is 31.1. The summed E-state index contributed by atoms with van der Waals surface area (Å²) in [7, 11) is 0. The summed E-state index contributed by atoms with van der Waals surface area (Å²) >= 11 is 0. The molecule has 0 radical (unpaired) electrons. The van der Waals surface area contributed by atoms with E-state index in [0.29, 0.717) is 10.8 Å². The average Bonchev–Trinajstić information content (AvgIpc) is 2.88. The lowest BCUT2D eigenvalue weighted by molar-refractivity contribution is 0.0886. The monoisotopic (exact) mass is 591 g/mol. The maximum absolute atomic E-state index is 6.00. The van der Waals surface area contributed by atoms with Gasteiger partial charge in [-0.3, -0.25) is 0 Å². The molecular weight excluding hydrogens is 520 g/mol. The standard InChI is InChI=1S/C42H70O/c1-37(2,3)24-15-30-43-31-29-39(7,8)25-26-40(9,10)32-33-16-18-35(19-17-33)41(11,12)27-28-42(13,14)36-22-20-34(21-23-36)38(4,5)6/h16-23H,15,24-32H2,1-14H3. The Labute approximate surface area is 269 Å². The second-order valence-electron chi connectivity index (χ2n) is 18.8. The molecule has 2 rings (SSSR count). The van der Waals surface area contributed by atoms with Gasteiger partial charge >= 0.3 is 0 Å². The Morgan fingerprint density at radius 3 is 1.35 bits per heavy atom. The summed E-state index contributed by atoms with van der Waals surface area (Å²) in [5, 5.41) is 0. The van der Waals surface area contributed by atoms with Crippen molar-refractivity contribution in [1.29, 1.82) is 0 Å². The molecule has 1 heteroatoms. The van der Waals surface area contributed by atoms with Crippen molar-refractivity contribution in [3.8, 4) is 0 Å². The van der Waals surface area contributed by atoms with Gasteiger partial charge in [-0.15, -0.1) is 0 Å². The van der Waals surface area contributed by atoms with Gasteiger partial charge in [-0.25, -0.2) is 0 Å². The normalized spacial score (nSPS) is 13.9. The highest BCUT2D eigenvalue weighted by molar-refractivity contribution is 5.32. The van der Waals surface area contributed by atoms with Gasteiger partial charge in [0.1, 0.15) is 0 Å². The van der Waals surface area contributed by atoms with E-state index in [1.165, 1.54) is 54.4 Å². The van der Waals surface area contributed by atoms with Crippen LogP contribution in [0.25, 0.3) is 0 Å². The van der Waals surface area contributed by atoms with Gasteiger partial charge in [0.25, 0.3) is 0 Å². The number of benzene rings is 2. The van der Waals surface area contributed by atoms with Crippen molar-refractivity contribution in [3.63, 3.8) is 0 Å². The van der Waals surface area contributed by atoms with Crippen LogP contribution in [0.3, 0.4) is 0 Å². The molecule has 0 fully saturated rings. The Morgan fingerprint density at radius 1 is 0.442 bits per heavy atom. The highest BCUT2D eigenvalue weighted by Gasteiger charge is 2.29. The third kappa shape index (κ3) is 13.5. The topological polar surface area (TPSA) is 9.23 Å². The predicted octanol–water partition coefficient (Wildman–Crippen LogP) is 12.6. The van der Waals surface area contributed by atoms with Gasteiger partial charge in [0.2, 0.25) is 0 Å². The van der Waals surface area contributed by atoms with E-state index in [9.17, 15) is 0 Å². The van der Waals surface area contributed by atoms with Crippen LogP contribution >= 0.6 is 0 Å². The van der Waals surface area contributed by atoms with Crippen molar-refractivity contribution in [1.82, 2.24) is 0 Å². The maximum atomic E-state index is 6.00. The van der Waals surface area contributed by atoms with E-state index in [2.05, 4.69) is 145 Å². The Kier molecular flexibility index (Phi) is 12.8. The number of ether oxygens (including phenoxy) is 1. The van der Waals surface area contributed by atoms with Crippen LogP contribution in [0.4, 0.5) is 0 Å². The number of hydrogen-bond donors (Lipinski definition) is 0. The molecule has 0 N–H and O–H groups in total. The number of rotatable bonds is 16. The third-order valence-electron chi connectivity index (χ3n) is 9.94. The van der Waals surface area contributed by atoms with Crippen LogP contribution in [-0.2, 0) is 27.4 Å². The Bertz CT molecular complexity index is 1080. The number of hydrogen-bond acceptors (Lipinski definition) is 1. The highest BCUT2D eigenvalue weighted by atomic mass is 16.5. The van der Waals surface area contributed by atoms with Gasteiger partial charge < -0.3 is 4.74 Å². The van der Waals surface area contributed by atoms with Crippen LogP contribution in [0.5, 0.6) is 0 Å². The van der Waals surface area contributed by atoms with Crippen molar-refractivity contribution < 1.29 is 4.74 Å². The molecule has 0 heterocycles. The summed E-state index contributed by atoms with van der Waals surface area (Å²) in [4.78, 5) is 0. The second kappa shape index (κ2) is 14.7. The van der Waals surface area contributed by atoms with E-state index in [1.807, 2.05) is 0 Å². The Morgan fingerprint density at radius 2 is 0.884 bits per heavy atom. The van der Waals surface area contributed by atoms with Gasteiger partial charge in [0, 0.05) is 13.2 Å². The molecule has 0 bridgehead atoms. The molecule has 0 saturated heterocycles. The lowest BCUT2D eigenvalue weighted by Crippen LogP contribution is -2.25. The molecule has 0 aliphatic heterocycles. The van der Waals surface area contributed by atoms with Gasteiger partial charge in [-0.2, -0.15) is 0 Å². The molecular formula is C42H70O. The van der Waals surface area contributed by atoms with Gasteiger partial charge in [0.15, 0.2) is 0 Å². The molecule has 0 spiro atoms. The quantitative estimate of drug-likeness (QED) is 0.177. The molecule has 0 unspecified atom stereocenters. The van der Waals surface area contributed by atoms with Crippen LogP contribution in [-0.4, -0.2) is 13.2 Å². The first kappa shape index (κ1) is 37.6. The highest BCUT2D eigenvalue weighted by Crippen LogP contribution is 2.38. The molecule has 244 valence electrons. The van der Waals surface area contributed by atoms with Crippen molar-refractivity contribution in [3.05, 3.63) is 70.8 Å². The molecule has 0 aliphatic rings. The fourth-order valence-corrected chi connectivity index (χ4v) is 6.01. The van der Waals surface area contributed by atoms with E-state index in [1.54, 1.807) is 0 Å². The van der Waals surface area contributed by atoms with Gasteiger partial charge in [0.05, 0.1) is 0 Å². The van der Waals surface area contributed by atoms with E-state index in [-0.39, 0.29) is 21.7 Å². The summed E-state index contributed by atoms with van der Waals surface area (Å²) < 4.78 is 6.00. The minimum absolute atomic E-state index is 0.148. The zero-order valence-corrected chi connectivity index (χ0v) is 31.1. The average molecular weight is 591 g/mol. The fraction of sp³-hybridized carbons (Fsp3) is 0.714. The molecule has 0 saturated carbocycles. The minimum atomic E-state index is 0.148. The zero-order chi connectivity index (χ0) is 32.7. The first-order valence-electron chi connectivity index (χ1n) is 17.3. The van der Waals surface area contributed by atoms with Crippen LogP contribution in [0.1, 0.15) is 164 Å². The van der Waals surface area contributed by atoms with Crippen LogP contribution < -0.4 is 0 Å². The first-order valence-corrected chi connectivity index (χ1v) is 17.3. The van der Waals surface area contributed by atoms with Gasteiger partial charge in [-0.1, -0.05) is 145 Å². The SMILES string of the molecule is CC(C)(C)CCCOCCC(C)(C)CCC(C)(C)Cc1ccc(C(C)(C)CCC(C)(C)c2ccc(C(C)(C)C)cc2)cc1. The summed E-state index contributed by atoms with van der Waals surface area (Å²) in [6.07, 6.45) is 9.48.